The zero-order chi connectivity index (χ0) is 9.26. The molecule has 0 amide bonds. The van der Waals surface area contributed by atoms with Gasteiger partial charge in [0.15, 0.2) is 0 Å². The van der Waals surface area contributed by atoms with E-state index in [4.69, 9.17) is 5.73 Å². The van der Waals surface area contributed by atoms with Crippen molar-refractivity contribution < 1.29 is 0 Å². The van der Waals surface area contributed by atoms with E-state index >= 15 is 0 Å². The fourth-order valence-corrected chi connectivity index (χ4v) is 2.63. The monoisotopic (exact) mass is 254 g/mol. The van der Waals surface area contributed by atoms with E-state index in [1.807, 2.05) is 23.6 Å². The summed E-state index contributed by atoms with van der Waals surface area (Å²) in [6.07, 6.45) is 1.78. The van der Waals surface area contributed by atoms with Crippen LogP contribution in [0.3, 0.4) is 0 Å². The molecule has 0 aliphatic heterocycles. The Bertz CT molecular complexity index is 408. The summed E-state index contributed by atoms with van der Waals surface area (Å²) >= 11 is 5.15. The van der Waals surface area contributed by atoms with Crippen LogP contribution in [0.4, 0.5) is 5.82 Å². The van der Waals surface area contributed by atoms with Crippen molar-refractivity contribution in [1.82, 2.24) is 4.98 Å². The standard InChI is InChI=1S/C9H7BrN2S/c10-7-3-4-13-9(7)6-1-2-8(11)12-5-6/h1-5H,(H2,11,12). The summed E-state index contributed by atoms with van der Waals surface area (Å²) in [6.45, 7) is 0. The molecule has 13 heavy (non-hydrogen) atoms. The molecule has 0 fully saturated rings. The largest absolute Gasteiger partial charge is 0.384 e. The maximum Gasteiger partial charge on any atom is 0.123 e. The number of pyridine rings is 1. The van der Waals surface area contributed by atoms with Gasteiger partial charge in [-0.1, -0.05) is 0 Å². The highest BCUT2D eigenvalue weighted by Crippen LogP contribution is 2.32. The number of anilines is 1. The summed E-state index contributed by atoms with van der Waals surface area (Å²) in [6, 6.07) is 5.80. The van der Waals surface area contributed by atoms with Crippen LogP contribution in [0, 0.1) is 0 Å². The fraction of sp³-hybridized carbons (Fsp3) is 0. The van der Waals surface area contributed by atoms with Crippen molar-refractivity contribution >= 4 is 33.1 Å². The predicted octanol–water partition coefficient (Wildman–Crippen LogP) is 3.15. The van der Waals surface area contributed by atoms with Crippen LogP contribution in [-0.4, -0.2) is 4.98 Å². The first-order valence-electron chi connectivity index (χ1n) is 3.72. The third kappa shape index (κ3) is 1.73. The minimum Gasteiger partial charge on any atom is -0.384 e. The van der Waals surface area contributed by atoms with Crippen molar-refractivity contribution in [2.24, 2.45) is 0 Å². The highest BCUT2D eigenvalue weighted by Gasteiger charge is 2.03. The predicted molar refractivity (Wildman–Crippen MR) is 59.7 cm³/mol. The van der Waals surface area contributed by atoms with E-state index in [0.29, 0.717) is 5.82 Å². The minimum absolute atomic E-state index is 0.552. The lowest BCUT2D eigenvalue weighted by molar-refractivity contribution is 1.34. The summed E-state index contributed by atoms with van der Waals surface area (Å²) in [5, 5.41) is 2.04. The highest BCUT2D eigenvalue weighted by atomic mass is 79.9. The van der Waals surface area contributed by atoms with Gasteiger partial charge in [0, 0.05) is 21.1 Å². The zero-order valence-corrected chi connectivity index (χ0v) is 9.10. The first-order chi connectivity index (χ1) is 6.27. The zero-order valence-electron chi connectivity index (χ0n) is 6.70. The number of rotatable bonds is 1. The minimum atomic E-state index is 0.552. The lowest BCUT2D eigenvalue weighted by Gasteiger charge is -1.98. The number of halogens is 1. The molecule has 0 radical (unpaired) electrons. The highest BCUT2D eigenvalue weighted by molar-refractivity contribution is 9.10. The average Bonchev–Trinajstić information content (AvgIpc) is 2.53. The van der Waals surface area contributed by atoms with Gasteiger partial charge >= 0.3 is 0 Å². The maximum atomic E-state index is 5.50. The molecule has 0 spiro atoms. The van der Waals surface area contributed by atoms with Crippen LogP contribution < -0.4 is 5.73 Å². The molecule has 0 saturated carbocycles. The van der Waals surface area contributed by atoms with Crippen LogP contribution in [-0.2, 0) is 0 Å². The van der Waals surface area contributed by atoms with E-state index in [-0.39, 0.29) is 0 Å². The summed E-state index contributed by atoms with van der Waals surface area (Å²) < 4.78 is 1.10. The lowest BCUT2D eigenvalue weighted by atomic mass is 10.2. The Kier molecular flexibility index (Phi) is 2.33. The number of hydrogen-bond acceptors (Lipinski definition) is 3. The third-order valence-electron chi connectivity index (χ3n) is 1.67. The number of nitrogens with two attached hydrogens (primary N) is 1. The van der Waals surface area contributed by atoms with Crippen molar-refractivity contribution in [2.75, 3.05) is 5.73 Å². The number of nitrogen functional groups attached to an aromatic ring is 1. The molecule has 2 aromatic heterocycles. The first kappa shape index (κ1) is 8.72. The van der Waals surface area contributed by atoms with Crippen molar-refractivity contribution in [1.29, 1.82) is 0 Å². The Morgan fingerprint density at radius 1 is 1.31 bits per heavy atom. The molecule has 0 aliphatic rings. The molecule has 0 atom stereocenters. The smallest absolute Gasteiger partial charge is 0.123 e. The van der Waals surface area contributed by atoms with Crippen LogP contribution in [0.15, 0.2) is 34.2 Å². The maximum absolute atomic E-state index is 5.50. The van der Waals surface area contributed by atoms with Gasteiger partial charge in [-0.3, -0.25) is 0 Å². The van der Waals surface area contributed by atoms with E-state index in [2.05, 4.69) is 20.9 Å². The van der Waals surface area contributed by atoms with E-state index in [0.717, 1.165) is 10.0 Å². The molecular weight excluding hydrogens is 248 g/mol. The Morgan fingerprint density at radius 2 is 2.15 bits per heavy atom. The average molecular weight is 255 g/mol. The first-order valence-corrected chi connectivity index (χ1v) is 5.39. The van der Waals surface area contributed by atoms with Gasteiger partial charge in [0.25, 0.3) is 0 Å². The number of hydrogen-bond donors (Lipinski definition) is 1. The van der Waals surface area contributed by atoms with Crippen molar-refractivity contribution in [3.63, 3.8) is 0 Å². The Morgan fingerprint density at radius 3 is 2.69 bits per heavy atom. The summed E-state index contributed by atoms with van der Waals surface area (Å²) in [7, 11) is 0. The van der Waals surface area contributed by atoms with E-state index in [9.17, 15) is 0 Å². The van der Waals surface area contributed by atoms with Crippen LogP contribution in [0.2, 0.25) is 0 Å². The molecule has 2 heterocycles. The normalized spacial score (nSPS) is 10.2. The SMILES string of the molecule is Nc1ccc(-c2sccc2Br)cn1. The molecule has 2 N–H and O–H groups in total. The fourth-order valence-electron chi connectivity index (χ4n) is 1.04. The van der Waals surface area contributed by atoms with Gasteiger partial charge in [-0.25, -0.2) is 4.98 Å². The van der Waals surface area contributed by atoms with Gasteiger partial charge < -0.3 is 5.73 Å². The Labute approximate surface area is 88.6 Å². The van der Waals surface area contributed by atoms with Crippen molar-refractivity contribution in [3.8, 4) is 10.4 Å². The molecule has 0 saturated heterocycles. The molecular formula is C9H7BrN2S. The van der Waals surface area contributed by atoms with Crippen LogP contribution in [0.1, 0.15) is 0 Å². The molecule has 66 valence electrons. The molecule has 4 heteroatoms. The molecule has 0 aliphatic carbocycles. The second-order valence-electron chi connectivity index (χ2n) is 2.57. The van der Waals surface area contributed by atoms with Gasteiger partial charge in [0.1, 0.15) is 5.82 Å². The molecule has 0 bridgehead atoms. The molecule has 0 aromatic carbocycles. The van der Waals surface area contributed by atoms with Gasteiger partial charge in [0.05, 0.1) is 0 Å². The third-order valence-corrected chi connectivity index (χ3v) is 3.55. The van der Waals surface area contributed by atoms with Crippen LogP contribution >= 0.6 is 27.3 Å². The molecule has 2 rings (SSSR count). The Balaban J connectivity index is 2.47. The Hall–Kier alpha value is -0.870. The van der Waals surface area contributed by atoms with Gasteiger partial charge in [0.2, 0.25) is 0 Å². The van der Waals surface area contributed by atoms with E-state index in [1.54, 1.807) is 17.5 Å². The van der Waals surface area contributed by atoms with Crippen LogP contribution in [0.25, 0.3) is 10.4 Å². The number of thiophene rings is 1. The van der Waals surface area contributed by atoms with E-state index < -0.39 is 0 Å². The topological polar surface area (TPSA) is 38.9 Å². The number of aromatic nitrogens is 1. The second-order valence-corrected chi connectivity index (χ2v) is 4.34. The summed E-state index contributed by atoms with van der Waals surface area (Å²) in [4.78, 5) is 5.23. The van der Waals surface area contributed by atoms with Gasteiger partial charge in [-0.15, -0.1) is 11.3 Å². The van der Waals surface area contributed by atoms with Crippen LogP contribution in [0.5, 0.6) is 0 Å². The summed E-state index contributed by atoms with van der Waals surface area (Å²) in [5.41, 5.74) is 6.59. The molecule has 0 unspecified atom stereocenters. The molecule has 2 aromatic rings. The van der Waals surface area contributed by atoms with Gasteiger partial charge in [-0.05, 0) is 39.5 Å². The van der Waals surface area contributed by atoms with Crippen molar-refractivity contribution in [2.45, 2.75) is 0 Å². The van der Waals surface area contributed by atoms with E-state index in [1.165, 1.54) is 4.88 Å². The number of nitrogens with zero attached hydrogens (tertiary/aromatic N) is 1. The van der Waals surface area contributed by atoms with Gasteiger partial charge in [-0.2, -0.15) is 0 Å². The summed E-state index contributed by atoms with van der Waals surface area (Å²) in [5.74, 6) is 0.552. The lowest BCUT2D eigenvalue weighted by Crippen LogP contribution is -1.88. The second kappa shape index (κ2) is 3.47. The molecule has 2 nitrogen and oxygen atoms in total. The quantitative estimate of drug-likeness (QED) is 0.850. The van der Waals surface area contributed by atoms with Crippen molar-refractivity contribution in [3.05, 3.63) is 34.2 Å².